The van der Waals surface area contributed by atoms with Crippen molar-refractivity contribution in [2.75, 3.05) is 5.32 Å². The van der Waals surface area contributed by atoms with Gasteiger partial charge in [0.05, 0.1) is 11.4 Å². The molecular weight excluding hydrogens is 310 g/mol. The Kier molecular flexibility index (Phi) is 4.70. The number of carbonyl (C=O) groups excluding carboxylic acids is 1. The van der Waals surface area contributed by atoms with Gasteiger partial charge in [-0.3, -0.25) is 4.79 Å². The van der Waals surface area contributed by atoms with E-state index in [4.69, 9.17) is 5.10 Å². The third-order valence-electron chi connectivity index (χ3n) is 4.37. The number of carbonyl (C=O) groups is 1. The fourth-order valence-corrected chi connectivity index (χ4v) is 3.11. The molecule has 0 aliphatic rings. The quantitative estimate of drug-likeness (QED) is 0.754. The van der Waals surface area contributed by atoms with Crippen molar-refractivity contribution in [3.05, 3.63) is 65.5 Å². The molecule has 128 valence electrons. The predicted octanol–water partition coefficient (Wildman–Crippen LogP) is 4.68. The lowest BCUT2D eigenvalue weighted by Crippen LogP contribution is -2.05. The second-order valence-corrected chi connectivity index (χ2v) is 6.24. The number of nitrogens with zero attached hydrogens (tertiary/aromatic N) is 2. The van der Waals surface area contributed by atoms with Crippen LogP contribution in [0, 0.1) is 13.8 Å². The van der Waals surface area contributed by atoms with Crippen LogP contribution in [-0.2, 0) is 11.2 Å². The predicted molar refractivity (Wildman–Crippen MR) is 102 cm³/mol. The van der Waals surface area contributed by atoms with Gasteiger partial charge in [0.25, 0.3) is 0 Å². The highest BCUT2D eigenvalue weighted by Crippen LogP contribution is 2.29. The molecule has 0 saturated heterocycles. The standard InChI is InChI=1S/C21H23N3O/c1-5-17-6-12-20(13-7-17)24-15(3)21(14(2)23-24)18-8-10-19(11-9-18)22-16(4)25/h6-13H,5H2,1-4H3,(H,22,25). The van der Waals surface area contributed by atoms with Gasteiger partial charge in [-0.15, -0.1) is 0 Å². The molecule has 0 fully saturated rings. The molecule has 3 aromatic rings. The number of benzene rings is 2. The molecule has 0 radical (unpaired) electrons. The number of hydrogen-bond donors (Lipinski definition) is 1. The summed E-state index contributed by atoms with van der Waals surface area (Å²) < 4.78 is 1.99. The minimum atomic E-state index is -0.0662. The van der Waals surface area contributed by atoms with Crippen molar-refractivity contribution in [3.8, 4) is 16.8 Å². The Hall–Kier alpha value is -2.88. The normalized spacial score (nSPS) is 10.7. The van der Waals surface area contributed by atoms with Crippen molar-refractivity contribution in [1.82, 2.24) is 9.78 Å². The highest BCUT2D eigenvalue weighted by Gasteiger charge is 2.14. The smallest absolute Gasteiger partial charge is 0.221 e. The van der Waals surface area contributed by atoms with E-state index in [1.807, 2.05) is 35.9 Å². The molecule has 0 bridgehead atoms. The summed E-state index contributed by atoms with van der Waals surface area (Å²) in [6.45, 7) is 7.78. The summed E-state index contributed by atoms with van der Waals surface area (Å²) in [4.78, 5) is 11.2. The molecule has 4 nitrogen and oxygen atoms in total. The topological polar surface area (TPSA) is 46.9 Å². The largest absolute Gasteiger partial charge is 0.326 e. The number of hydrogen-bond acceptors (Lipinski definition) is 2. The van der Waals surface area contributed by atoms with E-state index in [9.17, 15) is 4.79 Å². The van der Waals surface area contributed by atoms with Crippen molar-refractivity contribution < 1.29 is 4.79 Å². The first-order valence-corrected chi connectivity index (χ1v) is 8.53. The number of aromatic nitrogens is 2. The number of amides is 1. The second-order valence-electron chi connectivity index (χ2n) is 6.24. The van der Waals surface area contributed by atoms with E-state index < -0.39 is 0 Å². The molecule has 1 heterocycles. The second kappa shape index (κ2) is 6.93. The molecule has 0 aliphatic heterocycles. The lowest BCUT2D eigenvalue weighted by atomic mass is 10.0. The van der Waals surface area contributed by atoms with Gasteiger partial charge >= 0.3 is 0 Å². The van der Waals surface area contributed by atoms with Crippen LogP contribution in [0.4, 0.5) is 5.69 Å². The van der Waals surface area contributed by atoms with Gasteiger partial charge in [-0.25, -0.2) is 4.68 Å². The Balaban J connectivity index is 1.97. The summed E-state index contributed by atoms with van der Waals surface area (Å²) in [5.74, 6) is -0.0662. The fourth-order valence-electron chi connectivity index (χ4n) is 3.11. The summed E-state index contributed by atoms with van der Waals surface area (Å²) in [5, 5.41) is 7.52. The van der Waals surface area contributed by atoms with Crippen LogP contribution in [0.1, 0.15) is 30.8 Å². The van der Waals surface area contributed by atoms with Crippen LogP contribution >= 0.6 is 0 Å². The van der Waals surface area contributed by atoms with E-state index >= 15 is 0 Å². The molecule has 3 rings (SSSR count). The SMILES string of the molecule is CCc1ccc(-n2nc(C)c(-c3ccc(NC(C)=O)cc3)c2C)cc1. The third kappa shape index (κ3) is 3.48. The van der Waals surface area contributed by atoms with E-state index in [-0.39, 0.29) is 5.91 Å². The van der Waals surface area contributed by atoms with E-state index in [1.54, 1.807) is 0 Å². The Morgan fingerprint density at radius 3 is 2.24 bits per heavy atom. The van der Waals surface area contributed by atoms with Crippen LogP contribution in [0.3, 0.4) is 0 Å². The lowest BCUT2D eigenvalue weighted by Gasteiger charge is -2.08. The van der Waals surface area contributed by atoms with E-state index in [1.165, 1.54) is 12.5 Å². The van der Waals surface area contributed by atoms with Crippen LogP contribution in [-0.4, -0.2) is 15.7 Å². The summed E-state index contributed by atoms with van der Waals surface area (Å²) in [6.07, 6.45) is 1.03. The number of rotatable bonds is 4. The molecule has 0 aliphatic carbocycles. The first-order chi connectivity index (χ1) is 12.0. The lowest BCUT2D eigenvalue weighted by molar-refractivity contribution is -0.114. The van der Waals surface area contributed by atoms with Crippen LogP contribution in [0.25, 0.3) is 16.8 Å². The van der Waals surface area contributed by atoms with Crippen molar-refractivity contribution >= 4 is 11.6 Å². The molecule has 1 aromatic heterocycles. The minimum Gasteiger partial charge on any atom is -0.326 e. The first kappa shape index (κ1) is 17.0. The van der Waals surface area contributed by atoms with Crippen molar-refractivity contribution in [3.63, 3.8) is 0 Å². The maximum absolute atomic E-state index is 11.2. The van der Waals surface area contributed by atoms with Gasteiger partial charge in [-0.05, 0) is 55.7 Å². The summed E-state index contributed by atoms with van der Waals surface area (Å²) >= 11 is 0. The molecule has 0 saturated carbocycles. The van der Waals surface area contributed by atoms with E-state index in [2.05, 4.69) is 43.4 Å². The highest BCUT2D eigenvalue weighted by molar-refractivity contribution is 5.89. The number of nitrogens with one attached hydrogen (secondary N) is 1. The minimum absolute atomic E-state index is 0.0662. The molecule has 1 N–H and O–H groups in total. The molecule has 0 spiro atoms. The molecule has 0 unspecified atom stereocenters. The summed E-state index contributed by atoms with van der Waals surface area (Å²) in [7, 11) is 0. The van der Waals surface area contributed by atoms with E-state index in [0.29, 0.717) is 0 Å². The van der Waals surface area contributed by atoms with E-state index in [0.717, 1.165) is 40.3 Å². The monoisotopic (exact) mass is 333 g/mol. The van der Waals surface area contributed by atoms with Crippen LogP contribution < -0.4 is 5.32 Å². The molecule has 0 atom stereocenters. The molecule has 4 heteroatoms. The van der Waals surface area contributed by atoms with Crippen LogP contribution in [0.2, 0.25) is 0 Å². The maximum atomic E-state index is 11.2. The molecule has 25 heavy (non-hydrogen) atoms. The average molecular weight is 333 g/mol. The molecule has 1 amide bonds. The fraction of sp³-hybridized carbons (Fsp3) is 0.238. The zero-order valence-electron chi connectivity index (χ0n) is 15.1. The number of anilines is 1. The summed E-state index contributed by atoms with van der Waals surface area (Å²) in [5.41, 5.74) is 7.51. The molecule has 2 aromatic carbocycles. The van der Waals surface area contributed by atoms with Gasteiger partial charge in [-0.1, -0.05) is 31.2 Å². The zero-order chi connectivity index (χ0) is 18.0. The van der Waals surface area contributed by atoms with Crippen molar-refractivity contribution in [2.45, 2.75) is 34.1 Å². The van der Waals surface area contributed by atoms with Crippen molar-refractivity contribution in [1.29, 1.82) is 0 Å². The van der Waals surface area contributed by atoms with Gasteiger partial charge in [0.15, 0.2) is 0 Å². The van der Waals surface area contributed by atoms with Gasteiger partial charge in [0.1, 0.15) is 0 Å². The Labute approximate surface area is 148 Å². The van der Waals surface area contributed by atoms with Gasteiger partial charge in [0, 0.05) is 23.9 Å². The summed E-state index contributed by atoms with van der Waals surface area (Å²) in [6, 6.07) is 16.4. The van der Waals surface area contributed by atoms with Crippen LogP contribution in [0.5, 0.6) is 0 Å². The first-order valence-electron chi connectivity index (χ1n) is 8.53. The van der Waals surface area contributed by atoms with Crippen molar-refractivity contribution in [2.24, 2.45) is 0 Å². The number of aryl methyl sites for hydroxylation is 2. The van der Waals surface area contributed by atoms with Gasteiger partial charge in [0.2, 0.25) is 5.91 Å². The van der Waals surface area contributed by atoms with Gasteiger partial charge in [-0.2, -0.15) is 5.10 Å². The van der Waals surface area contributed by atoms with Gasteiger partial charge < -0.3 is 5.32 Å². The third-order valence-corrected chi connectivity index (χ3v) is 4.37. The Morgan fingerprint density at radius 1 is 1.04 bits per heavy atom. The Bertz CT molecular complexity index is 890. The maximum Gasteiger partial charge on any atom is 0.221 e. The highest BCUT2D eigenvalue weighted by atomic mass is 16.1. The van der Waals surface area contributed by atoms with Crippen LogP contribution in [0.15, 0.2) is 48.5 Å². The molecular formula is C21H23N3O. The zero-order valence-corrected chi connectivity index (χ0v) is 15.1. The Morgan fingerprint density at radius 2 is 1.68 bits per heavy atom. The average Bonchev–Trinajstić information content (AvgIpc) is 2.90.